The molecule has 2 N–H and O–H groups in total. The van der Waals surface area contributed by atoms with Gasteiger partial charge in [-0.1, -0.05) is 15.9 Å². The number of carbonyl (C=O) groups excluding carboxylic acids is 1. The summed E-state index contributed by atoms with van der Waals surface area (Å²) in [5.74, 6) is -0.733. The Morgan fingerprint density at radius 3 is 2.74 bits per heavy atom. The molecule has 1 aromatic rings. The number of carboxylic acids is 1. The van der Waals surface area contributed by atoms with Crippen molar-refractivity contribution in [2.75, 3.05) is 18.4 Å². The van der Waals surface area contributed by atoms with Crippen LogP contribution < -0.4 is 5.32 Å². The van der Waals surface area contributed by atoms with E-state index in [4.69, 9.17) is 5.11 Å². The maximum Gasteiger partial charge on any atom is 0.321 e. The maximum absolute atomic E-state index is 11.9. The van der Waals surface area contributed by atoms with Gasteiger partial charge in [0.15, 0.2) is 0 Å². The van der Waals surface area contributed by atoms with Crippen molar-refractivity contribution >= 4 is 33.6 Å². The number of aliphatic carboxylic acids is 1. The molecule has 2 rings (SSSR count). The molecule has 1 heterocycles. The molecule has 0 saturated carbocycles. The third-order valence-corrected chi connectivity index (χ3v) is 4.01. The number of likely N-dealkylation sites (tertiary alicyclic amines) is 1. The van der Waals surface area contributed by atoms with E-state index in [2.05, 4.69) is 21.2 Å². The second kappa shape index (κ2) is 5.61. The summed E-state index contributed by atoms with van der Waals surface area (Å²) >= 11 is 3.40. The van der Waals surface area contributed by atoms with Crippen LogP contribution in [0.5, 0.6) is 0 Å². The van der Waals surface area contributed by atoms with Crippen molar-refractivity contribution in [3.63, 3.8) is 0 Å². The molecule has 0 atom stereocenters. The van der Waals surface area contributed by atoms with E-state index in [-0.39, 0.29) is 18.4 Å². The Morgan fingerprint density at radius 1 is 1.47 bits per heavy atom. The summed E-state index contributed by atoms with van der Waals surface area (Å²) in [5.41, 5.74) is 1.79. The lowest BCUT2D eigenvalue weighted by Gasteiger charge is -2.38. The van der Waals surface area contributed by atoms with Gasteiger partial charge in [-0.2, -0.15) is 0 Å². The summed E-state index contributed by atoms with van der Waals surface area (Å²) < 4.78 is 0.996. The Bertz CT molecular complexity index is 513. The molecule has 5 nitrogen and oxygen atoms in total. The lowest BCUT2D eigenvalue weighted by atomic mass is 9.97. The summed E-state index contributed by atoms with van der Waals surface area (Å²) in [4.78, 5) is 24.0. The van der Waals surface area contributed by atoms with Crippen LogP contribution in [-0.2, 0) is 4.79 Å². The highest BCUT2D eigenvalue weighted by molar-refractivity contribution is 9.10. The maximum atomic E-state index is 11.9. The molecule has 1 saturated heterocycles. The average Bonchev–Trinajstić information content (AvgIpc) is 2.27. The zero-order valence-electron chi connectivity index (χ0n) is 10.5. The molecule has 0 radical (unpaired) electrons. The van der Waals surface area contributed by atoms with Gasteiger partial charge < -0.3 is 15.3 Å². The first-order valence-electron chi connectivity index (χ1n) is 5.99. The molecule has 0 aliphatic carbocycles. The van der Waals surface area contributed by atoms with Gasteiger partial charge in [0.25, 0.3) is 0 Å². The number of amides is 2. The van der Waals surface area contributed by atoms with E-state index in [0.717, 1.165) is 15.7 Å². The fourth-order valence-electron chi connectivity index (χ4n) is 2.04. The topological polar surface area (TPSA) is 69.6 Å². The van der Waals surface area contributed by atoms with Gasteiger partial charge in [-0.15, -0.1) is 0 Å². The molecular formula is C13H15BrN2O3. The number of carbonyl (C=O) groups is 2. The largest absolute Gasteiger partial charge is 0.481 e. The molecule has 0 unspecified atom stereocenters. The smallest absolute Gasteiger partial charge is 0.321 e. The molecule has 6 heteroatoms. The molecule has 0 aromatic heterocycles. The summed E-state index contributed by atoms with van der Waals surface area (Å²) in [7, 11) is 0. The Labute approximate surface area is 119 Å². The van der Waals surface area contributed by atoms with Crippen LogP contribution in [0.2, 0.25) is 0 Å². The van der Waals surface area contributed by atoms with Crippen molar-refractivity contribution in [2.24, 2.45) is 5.92 Å². The van der Waals surface area contributed by atoms with Crippen LogP contribution >= 0.6 is 15.9 Å². The minimum Gasteiger partial charge on any atom is -0.481 e. The quantitative estimate of drug-likeness (QED) is 0.897. The second-order valence-corrected chi connectivity index (χ2v) is 5.62. The first-order valence-corrected chi connectivity index (χ1v) is 6.79. The van der Waals surface area contributed by atoms with Gasteiger partial charge in [0.05, 0.1) is 6.42 Å². The minimum absolute atomic E-state index is 0.0786. The Morgan fingerprint density at radius 2 is 2.16 bits per heavy atom. The monoisotopic (exact) mass is 326 g/mol. The lowest BCUT2D eigenvalue weighted by Crippen LogP contribution is -2.52. The standard InChI is InChI=1S/C13H15BrN2O3/c1-8-4-10(2-3-11(8)14)15-13(19)16-6-9(7-16)5-12(17)18/h2-4,9H,5-7H2,1H3,(H,15,19)(H,17,18). The molecular weight excluding hydrogens is 312 g/mol. The van der Waals surface area contributed by atoms with E-state index in [1.165, 1.54) is 0 Å². The number of aryl methyl sites for hydroxylation is 1. The van der Waals surface area contributed by atoms with Gasteiger partial charge in [-0.05, 0) is 30.7 Å². The highest BCUT2D eigenvalue weighted by Gasteiger charge is 2.31. The zero-order chi connectivity index (χ0) is 14.0. The number of hydrogen-bond donors (Lipinski definition) is 2. The van der Waals surface area contributed by atoms with Crippen molar-refractivity contribution in [3.05, 3.63) is 28.2 Å². The minimum atomic E-state index is -0.811. The van der Waals surface area contributed by atoms with E-state index in [0.29, 0.717) is 13.1 Å². The van der Waals surface area contributed by atoms with Crippen molar-refractivity contribution in [1.82, 2.24) is 4.90 Å². The number of anilines is 1. The van der Waals surface area contributed by atoms with Crippen molar-refractivity contribution in [1.29, 1.82) is 0 Å². The molecule has 19 heavy (non-hydrogen) atoms. The fraction of sp³-hybridized carbons (Fsp3) is 0.385. The zero-order valence-corrected chi connectivity index (χ0v) is 12.1. The summed E-state index contributed by atoms with van der Waals surface area (Å²) in [6.07, 6.45) is 0.126. The van der Waals surface area contributed by atoms with Gasteiger partial charge in [-0.3, -0.25) is 4.79 Å². The SMILES string of the molecule is Cc1cc(NC(=O)N2CC(CC(=O)O)C2)ccc1Br. The van der Waals surface area contributed by atoms with Crippen molar-refractivity contribution in [3.8, 4) is 0 Å². The third-order valence-electron chi connectivity index (χ3n) is 3.12. The van der Waals surface area contributed by atoms with Crippen LogP contribution in [0.1, 0.15) is 12.0 Å². The molecule has 1 aromatic carbocycles. The van der Waals surface area contributed by atoms with E-state index in [9.17, 15) is 9.59 Å². The van der Waals surface area contributed by atoms with Gasteiger partial charge in [0, 0.05) is 29.2 Å². The number of nitrogens with zero attached hydrogens (tertiary/aromatic N) is 1. The van der Waals surface area contributed by atoms with Gasteiger partial charge in [0.1, 0.15) is 0 Å². The predicted octanol–water partition coefficient (Wildman–Crippen LogP) is 2.70. The molecule has 102 valence electrons. The van der Waals surface area contributed by atoms with Crippen LogP contribution in [0.4, 0.5) is 10.5 Å². The number of rotatable bonds is 3. The molecule has 0 spiro atoms. The van der Waals surface area contributed by atoms with Crippen LogP contribution in [0.25, 0.3) is 0 Å². The van der Waals surface area contributed by atoms with E-state index in [1.54, 1.807) is 4.90 Å². The second-order valence-electron chi connectivity index (χ2n) is 4.76. The highest BCUT2D eigenvalue weighted by atomic mass is 79.9. The summed E-state index contributed by atoms with van der Waals surface area (Å²) in [6.45, 7) is 2.97. The van der Waals surface area contributed by atoms with E-state index >= 15 is 0 Å². The Kier molecular flexibility index (Phi) is 4.09. The number of hydrogen-bond acceptors (Lipinski definition) is 2. The summed E-state index contributed by atoms with van der Waals surface area (Å²) in [6, 6.07) is 5.41. The molecule has 1 aliphatic rings. The van der Waals surface area contributed by atoms with E-state index in [1.807, 2.05) is 25.1 Å². The fourth-order valence-corrected chi connectivity index (χ4v) is 2.28. The van der Waals surface area contributed by atoms with E-state index < -0.39 is 5.97 Å². The third kappa shape index (κ3) is 3.47. The van der Waals surface area contributed by atoms with Crippen molar-refractivity contribution in [2.45, 2.75) is 13.3 Å². The van der Waals surface area contributed by atoms with Gasteiger partial charge >= 0.3 is 12.0 Å². The highest BCUT2D eigenvalue weighted by Crippen LogP contribution is 2.23. The van der Waals surface area contributed by atoms with Crippen molar-refractivity contribution < 1.29 is 14.7 Å². The van der Waals surface area contributed by atoms with Gasteiger partial charge in [0.2, 0.25) is 0 Å². The first kappa shape index (κ1) is 13.9. The molecule has 1 fully saturated rings. The predicted molar refractivity (Wildman–Crippen MR) is 75.2 cm³/mol. The average molecular weight is 327 g/mol. The van der Waals surface area contributed by atoms with Crippen LogP contribution in [0, 0.1) is 12.8 Å². The van der Waals surface area contributed by atoms with Crippen LogP contribution in [-0.4, -0.2) is 35.1 Å². The van der Waals surface area contributed by atoms with Gasteiger partial charge in [-0.25, -0.2) is 4.79 Å². The Hall–Kier alpha value is -1.56. The number of urea groups is 1. The molecule has 0 bridgehead atoms. The molecule has 2 amide bonds. The number of benzene rings is 1. The van der Waals surface area contributed by atoms with Crippen LogP contribution in [0.15, 0.2) is 22.7 Å². The number of halogens is 1. The number of carboxylic acid groups (broad SMARTS) is 1. The first-order chi connectivity index (χ1) is 8.95. The number of nitrogens with one attached hydrogen (secondary N) is 1. The molecule has 1 aliphatic heterocycles. The lowest BCUT2D eigenvalue weighted by molar-refractivity contribution is -0.139. The normalized spacial score (nSPS) is 14.9. The summed E-state index contributed by atoms with van der Waals surface area (Å²) in [5, 5.41) is 11.4. The Balaban J connectivity index is 1.85. The van der Waals surface area contributed by atoms with Crippen LogP contribution in [0.3, 0.4) is 0 Å².